The van der Waals surface area contributed by atoms with Gasteiger partial charge in [0.05, 0.1) is 12.5 Å². The summed E-state index contributed by atoms with van der Waals surface area (Å²) in [5.41, 5.74) is 2.19. The average molecular weight is 282 g/mol. The summed E-state index contributed by atoms with van der Waals surface area (Å²) in [4.78, 5) is 12.0. The number of phenolic OH excluding ortho intramolecular Hbond substituents is 1. The van der Waals surface area contributed by atoms with Gasteiger partial charge in [0.2, 0.25) is 0 Å². The van der Waals surface area contributed by atoms with Gasteiger partial charge in [-0.2, -0.15) is 0 Å². The van der Waals surface area contributed by atoms with Gasteiger partial charge in [-0.15, -0.1) is 0 Å². The quantitative estimate of drug-likeness (QED) is 0.877. The maximum atomic E-state index is 12.0. The van der Waals surface area contributed by atoms with E-state index < -0.39 is 0 Å². The topological polar surface area (TPSA) is 46.5 Å². The van der Waals surface area contributed by atoms with E-state index in [4.69, 9.17) is 4.74 Å². The lowest BCUT2D eigenvalue weighted by Crippen LogP contribution is -2.20. The largest absolute Gasteiger partial charge is 0.508 e. The van der Waals surface area contributed by atoms with Crippen LogP contribution in [0.15, 0.2) is 54.6 Å². The highest BCUT2D eigenvalue weighted by atomic mass is 16.5. The van der Waals surface area contributed by atoms with Gasteiger partial charge in [-0.05, 0) is 36.1 Å². The molecule has 3 rings (SSSR count). The van der Waals surface area contributed by atoms with E-state index in [0.717, 1.165) is 17.5 Å². The summed E-state index contributed by atoms with van der Waals surface area (Å²) >= 11 is 0. The van der Waals surface area contributed by atoms with Crippen molar-refractivity contribution in [1.82, 2.24) is 0 Å². The number of esters is 1. The minimum absolute atomic E-state index is 0.102. The molecule has 2 aromatic carbocycles. The zero-order valence-electron chi connectivity index (χ0n) is 11.7. The molecule has 0 amide bonds. The highest BCUT2D eigenvalue weighted by Crippen LogP contribution is 2.29. The van der Waals surface area contributed by atoms with Gasteiger partial charge < -0.3 is 9.84 Å². The maximum absolute atomic E-state index is 12.0. The number of aromatic hydroxyl groups is 1. The number of hydrogen-bond donors (Lipinski definition) is 1. The fourth-order valence-electron chi connectivity index (χ4n) is 2.91. The number of carbonyl (C=O) groups is 1. The van der Waals surface area contributed by atoms with E-state index in [9.17, 15) is 9.90 Å². The van der Waals surface area contributed by atoms with Crippen molar-refractivity contribution in [2.24, 2.45) is 11.8 Å². The summed E-state index contributed by atoms with van der Waals surface area (Å²) in [6.07, 6.45) is 1.46. The molecule has 2 aromatic rings. The number of ether oxygens (including phenoxy) is 1. The number of cyclic esters (lactones) is 1. The Morgan fingerprint density at radius 3 is 2.52 bits per heavy atom. The summed E-state index contributed by atoms with van der Waals surface area (Å²) in [6, 6.07) is 17.2. The molecule has 1 aliphatic rings. The van der Waals surface area contributed by atoms with Crippen LogP contribution in [0.1, 0.15) is 11.1 Å². The summed E-state index contributed by atoms with van der Waals surface area (Å²) in [5.74, 6) is 0.218. The van der Waals surface area contributed by atoms with Gasteiger partial charge in [-0.3, -0.25) is 4.79 Å². The lowest BCUT2D eigenvalue weighted by atomic mass is 9.85. The SMILES string of the molecule is O=C1OC[C@H](Cc2cccc(O)c2)[C@H]1Cc1ccccc1. The fraction of sp³-hybridized carbons (Fsp3) is 0.278. The van der Waals surface area contributed by atoms with Gasteiger partial charge >= 0.3 is 5.97 Å². The molecule has 21 heavy (non-hydrogen) atoms. The molecule has 0 aromatic heterocycles. The molecule has 108 valence electrons. The third-order valence-corrected chi connectivity index (χ3v) is 4.02. The first-order chi connectivity index (χ1) is 10.2. The predicted molar refractivity (Wildman–Crippen MR) is 79.9 cm³/mol. The standard InChI is InChI=1S/C18H18O3/c19-16-8-4-7-14(10-16)9-15-12-21-18(20)17(15)11-13-5-2-1-3-6-13/h1-8,10,15,17,19H,9,11-12H2/t15-,17+/m0/s1. The van der Waals surface area contributed by atoms with Crippen molar-refractivity contribution >= 4 is 5.97 Å². The van der Waals surface area contributed by atoms with Gasteiger partial charge in [0.25, 0.3) is 0 Å². The van der Waals surface area contributed by atoms with Gasteiger partial charge in [-0.1, -0.05) is 42.5 Å². The highest BCUT2D eigenvalue weighted by molar-refractivity contribution is 5.75. The normalized spacial score (nSPS) is 21.2. The van der Waals surface area contributed by atoms with Crippen LogP contribution >= 0.6 is 0 Å². The molecule has 1 aliphatic heterocycles. The van der Waals surface area contributed by atoms with E-state index >= 15 is 0 Å². The molecular weight excluding hydrogens is 264 g/mol. The van der Waals surface area contributed by atoms with Crippen molar-refractivity contribution < 1.29 is 14.6 Å². The fourth-order valence-corrected chi connectivity index (χ4v) is 2.91. The molecule has 0 aliphatic carbocycles. The minimum Gasteiger partial charge on any atom is -0.508 e. The van der Waals surface area contributed by atoms with Crippen molar-refractivity contribution in [2.75, 3.05) is 6.61 Å². The Labute approximate surface area is 124 Å². The first-order valence-electron chi connectivity index (χ1n) is 7.21. The molecule has 0 bridgehead atoms. The molecule has 1 fully saturated rings. The van der Waals surface area contributed by atoms with Crippen LogP contribution in [0, 0.1) is 11.8 Å². The lowest BCUT2D eigenvalue weighted by Gasteiger charge is -2.15. The number of benzene rings is 2. The first-order valence-corrected chi connectivity index (χ1v) is 7.21. The summed E-state index contributed by atoms with van der Waals surface area (Å²) in [5, 5.41) is 9.54. The molecule has 1 N–H and O–H groups in total. The Bertz CT molecular complexity index is 621. The van der Waals surface area contributed by atoms with Crippen LogP contribution in [0.5, 0.6) is 5.75 Å². The van der Waals surface area contributed by atoms with Crippen LogP contribution in [0.2, 0.25) is 0 Å². The van der Waals surface area contributed by atoms with E-state index in [-0.39, 0.29) is 23.6 Å². The van der Waals surface area contributed by atoms with Crippen LogP contribution in [-0.2, 0) is 22.4 Å². The van der Waals surface area contributed by atoms with Crippen LogP contribution in [-0.4, -0.2) is 17.7 Å². The molecule has 1 heterocycles. The zero-order valence-corrected chi connectivity index (χ0v) is 11.7. The third kappa shape index (κ3) is 3.24. The van der Waals surface area contributed by atoms with Crippen LogP contribution < -0.4 is 0 Å². The predicted octanol–water partition coefficient (Wildman–Crippen LogP) is 2.97. The summed E-state index contributed by atoms with van der Waals surface area (Å²) in [6.45, 7) is 0.464. The number of carbonyl (C=O) groups excluding carboxylic acids is 1. The summed E-state index contributed by atoms with van der Waals surface area (Å²) < 4.78 is 5.25. The van der Waals surface area contributed by atoms with Crippen molar-refractivity contribution in [3.05, 3.63) is 65.7 Å². The lowest BCUT2D eigenvalue weighted by molar-refractivity contribution is -0.141. The van der Waals surface area contributed by atoms with Gasteiger partial charge in [-0.25, -0.2) is 0 Å². The van der Waals surface area contributed by atoms with Crippen LogP contribution in [0.3, 0.4) is 0 Å². The zero-order chi connectivity index (χ0) is 14.7. The number of phenols is 1. The smallest absolute Gasteiger partial charge is 0.309 e. The Morgan fingerprint density at radius 2 is 1.76 bits per heavy atom. The first kappa shape index (κ1) is 13.7. The molecule has 1 saturated heterocycles. The van der Waals surface area contributed by atoms with E-state index in [1.54, 1.807) is 12.1 Å². The van der Waals surface area contributed by atoms with E-state index in [1.807, 2.05) is 42.5 Å². The van der Waals surface area contributed by atoms with Gasteiger partial charge in [0, 0.05) is 5.92 Å². The van der Waals surface area contributed by atoms with Crippen LogP contribution in [0.4, 0.5) is 0 Å². The van der Waals surface area contributed by atoms with E-state index in [1.165, 1.54) is 0 Å². The molecule has 0 spiro atoms. The van der Waals surface area contributed by atoms with Crippen molar-refractivity contribution in [1.29, 1.82) is 0 Å². The van der Waals surface area contributed by atoms with E-state index in [0.29, 0.717) is 13.0 Å². The second-order valence-corrected chi connectivity index (χ2v) is 5.56. The number of rotatable bonds is 4. The average Bonchev–Trinajstić information content (AvgIpc) is 2.81. The number of hydrogen-bond acceptors (Lipinski definition) is 3. The van der Waals surface area contributed by atoms with Crippen molar-refractivity contribution in [2.45, 2.75) is 12.8 Å². The molecule has 0 radical (unpaired) electrons. The Kier molecular flexibility index (Phi) is 3.91. The van der Waals surface area contributed by atoms with Gasteiger partial charge in [0.1, 0.15) is 5.75 Å². The van der Waals surface area contributed by atoms with Gasteiger partial charge in [0.15, 0.2) is 0 Å². The van der Waals surface area contributed by atoms with Crippen molar-refractivity contribution in [3.63, 3.8) is 0 Å². The Hall–Kier alpha value is -2.29. The summed E-state index contributed by atoms with van der Waals surface area (Å²) in [7, 11) is 0. The molecule has 0 unspecified atom stereocenters. The molecule has 2 atom stereocenters. The maximum Gasteiger partial charge on any atom is 0.309 e. The Balaban J connectivity index is 1.73. The Morgan fingerprint density at radius 1 is 1.00 bits per heavy atom. The molecule has 3 heteroatoms. The minimum atomic E-state index is -0.107. The third-order valence-electron chi connectivity index (χ3n) is 4.02. The van der Waals surface area contributed by atoms with Crippen molar-refractivity contribution in [3.8, 4) is 5.75 Å². The molecular formula is C18H18O3. The molecule has 0 saturated carbocycles. The van der Waals surface area contributed by atoms with Crippen LogP contribution in [0.25, 0.3) is 0 Å². The molecule has 3 nitrogen and oxygen atoms in total. The second-order valence-electron chi connectivity index (χ2n) is 5.56. The monoisotopic (exact) mass is 282 g/mol. The van der Waals surface area contributed by atoms with E-state index in [2.05, 4.69) is 0 Å². The highest BCUT2D eigenvalue weighted by Gasteiger charge is 2.36. The second kappa shape index (κ2) is 6.00.